The van der Waals surface area contributed by atoms with Gasteiger partial charge in [0.25, 0.3) is 0 Å². The number of aromatic hydroxyl groups is 1. The Morgan fingerprint density at radius 2 is 2.23 bits per heavy atom. The number of phenols is 1. The molecule has 13 heavy (non-hydrogen) atoms. The maximum atomic E-state index is 9.44. The molecular formula is C8H10BrNO3. The molecule has 4 nitrogen and oxygen atoms in total. The van der Waals surface area contributed by atoms with Crippen LogP contribution in [0.2, 0.25) is 0 Å². The van der Waals surface area contributed by atoms with Gasteiger partial charge in [0, 0.05) is 11.6 Å². The van der Waals surface area contributed by atoms with Crippen molar-refractivity contribution in [3.8, 4) is 11.5 Å². The molecule has 0 bridgehead atoms. The number of phenolic OH excluding ortho intramolecular Hbond substituents is 1. The van der Waals surface area contributed by atoms with E-state index in [1.54, 1.807) is 6.07 Å². The maximum Gasteiger partial charge on any atom is 0.136 e. The number of halogens is 1. The van der Waals surface area contributed by atoms with E-state index in [1.807, 2.05) is 0 Å². The molecule has 1 aromatic rings. The molecule has 5 heteroatoms. The minimum absolute atomic E-state index is 0.102. The molecule has 3 N–H and O–H groups in total. The molecule has 0 radical (unpaired) electrons. The molecule has 0 aliphatic heterocycles. The lowest BCUT2D eigenvalue weighted by Gasteiger charge is -2.07. The van der Waals surface area contributed by atoms with E-state index in [0.29, 0.717) is 11.3 Å². The van der Waals surface area contributed by atoms with Crippen LogP contribution in [0.25, 0.3) is 0 Å². The summed E-state index contributed by atoms with van der Waals surface area (Å²) in [6.07, 6.45) is 0. The average Bonchev–Trinajstić information content (AvgIpc) is 2.11. The quantitative estimate of drug-likeness (QED) is 0.796. The van der Waals surface area contributed by atoms with Crippen LogP contribution in [-0.2, 0) is 11.4 Å². The Bertz CT molecular complexity index is 304. The Balaban J connectivity index is 3.05. The highest BCUT2D eigenvalue weighted by Crippen LogP contribution is 2.32. The van der Waals surface area contributed by atoms with E-state index in [1.165, 1.54) is 13.2 Å². The number of ether oxygens (including phenoxy) is 1. The second-order valence-corrected chi connectivity index (χ2v) is 3.28. The summed E-state index contributed by atoms with van der Waals surface area (Å²) < 4.78 is 5.73. The van der Waals surface area contributed by atoms with Crippen LogP contribution in [0.15, 0.2) is 16.6 Å². The number of rotatable bonds is 3. The third-order valence-electron chi connectivity index (χ3n) is 1.59. The summed E-state index contributed by atoms with van der Waals surface area (Å²) in [4.78, 5) is 4.42. The molecule has 1 rings (SSSR count). The molecule has 0 atom stereocenters. The van der Waals surface area contributed by atoms with Gasteiger partial charge in [-0.2, -0.15) is 0 Å². The van der Waals surface area contributed by atoms with Crippen LogP contribution in [-0.4, -0.2) is 12.2 Å². The summed E-state index contributed by atoms with van der Waals surface area (Å²) in [6.45, 7) is 0.161. The fourth-order valence-electron chi connectivity index (χ4n) is 0.946. The third-order valence-corrected chi connectivity index (χ3v) is 2.21. The first-order valence-corrected chi connectivity index (χ1v) is 4.35. The molecule has 0 aliphatic rings. The SMILES string of the molecule is COc1cc(O)c(CON)cc1Br. The van der Waals surface area contributed by atoms with Crippen LogP contribution >= 0.6 is 15.9 Å². The van der Waals surface area contributed by atoms with Gasteiger partial charge in [0.05, 0.1) is 18.2 Å². The summed E-state index contributed by atoms with van der Waals surface area (Å²) in [5.74, 6) is 5.56. The molecule has 1 aromatic carbocycles. The number of hydrogen-bond acceptors (Lipinski definition) is 4. The van der Waals surface area contributed by atoms with Gasteiger partial charge in [0.15, 0.2) is 0 Å². The van der Waals surface area contributed by atoms with Crippen molar-refractivity contribution in [1.82, 2.24) is 0 Å². The van der Waals surface area contributed by atoms with E-state index < -0.39 is 0 Å². The Labute approximate surface area is 84.3 Å². The standard InChI is InChI=1S/C8H10BrNO3/c1-12-8-3-7(11)5(4-13-10)2-6(8)9/h2-3,11H,4,10H2,1H3. The van der Waals surface area contributed by atoms with Crippen molar-refractivity contribution >= 4 is 15.9 Å². The predicted octanol–water partition coefficient (Wildman–Crippen LogP) is 1.55. The minimum Gasteiger partial charge on any atom is -0.507 e. The molecule has 0 heterocycles. The number of nitrogens with two attached hydrogens (primary N) is 1. The molecule has 0 aliphatic carbocycles. The van der Waals surface area contributed by atoms with Gasteiger partial charge >= 0.3 is 0 Å². The number of methoxy groups -OCH3 is 1. The van der Waals surface area contributed by atoms with Crippen molar-refractivity contribution in [1.29, 1.82) is 0 Å². The Hall–Kier alpha value is -0.780. The summed E-state index contributed by atoms with van der Waals surface area (Å²) in [6, 6.07) is 3.19. The smallest absolute Gasteiger partial charge is 0.136 e. The zero-order valence-electron chi connectivity index (χ0n) is 7.08. The summed E-state index contributed by atoms with van der Waals surface area (Å²) in [5.41, 5.74) is 0.607. The van der Waals surface area contributed by atoms with Gasteiger partial charge in [-0.1, -0.05) is 0 Å². The van der Waals surface area contributed by atoms with E-state index in [4.69, 9.17) is 10.6 Å². The van der Waals surface area contributed by atoms with Crippen LogP contribution in [0.3, 0.4) is 0 Å². The maximum absolute atomic E-state index is 9.44. The first-order chi connectivity index (χ1) is 6.19. The predicted molar refractivity (Wildman–Crippen MR) is 51.3 cm³/mol. The second kappa shape index (κ2) is 4.45. The van der Waals surface area contributed by atoms with Crippen molar-refractivity contribution < 1.29 is 14.7 Å². The van der Waals surface area contributed by atoms with Gasteiger partial charge in [0.1, 0.15) is 11.5 Å². The highest BCUT2D eigenvalue weighted by molar-refractivity contribution is 9.10. The van der Waals surface area contributed by atoms with Crippen LogP contribution in [0.5, 0.6) is 11.5 Å². The normalized spacial score (nSPS) is 10.1. The van der Waals surface area contributed by atoms with Gasteiger partial charge in [0.2, 0.25) is 0 Å². The van der Waals surface area contributed by atoms with Crippen LogP contribution in [0, 0.1) is 0 Å². The molecule has 0 saturated heterocycles. The Morgan fingerprint density at radius 3 is 2.77 bits per heavy atom. The molecule has 0 aromatic heterocycles. The zero-order valence-corrected chi connectivity index (χ0v) is 8.67. The largest absolute Gasteiger partial charge is 0.507 e. The summed E-state index contributed by atoms with van der Waals surface area (Å²) >= 11 is 3.28. The van der Waals surface area contributed by atoms with Crippen molar-refractivity contribution in [3.63, 3.8) is 0 Å². The number of hydrogen-bond donors (Lipinski definition) is 2. The lowest BCUT2D eigenvalue weighted by Crippen LogP contribution is -1.99. The molecule has 0 unspecified atom stereocenters. The van der Waals surface area contributed by atoms with E-state index >= 15 is 0 Å². The van der Waals surface area contributed by atoms with Crippen molar-refractivity contribution in [2.45, 2.75) is 6.61 Å². The lowest BCUT2D eigenvalue weighted by molar-refractivity contribution is 0.122. The Morgan fingerprint density at radius 1 is 1.54 bits per heavy atom. The lowest BCUT2D eigenvalue weighted by atomic mass is 10.2. The zero-order chi connectivity index (χ0) is 9.84. The van der Waals surface area contributed by atoms with Crippen LogP contribution in [0.1, 0.15) is 5.56 Å². The van der Waals surface area contributed by atoms with Crippen molar-refractivity contribution in [3.05, 3.63) is 22.2 Å². The molecular weight excluding hydrogens is 238 g/mol. The van der Waals surface area contributed by atoms with Gasteiger partial charge in [-0.15, -0.1) is 0 Å². The van der Waals surface area contributed by atoms with Crippen molar-refractivity contribution in [2.75, 3.05) is 7.11 Å². The second-order valence-electron chi connectivity index (χ2n) is 2.43. The van der Waals surface area contributed by atoms with Crippen molar-refractivity contribution in [2.24, 2.45) is 5.90 Å². The molecule has 0 fully saturated rings. The van der Waals surface area contributed by atoms with Crippen LogP contribution in [0.4, 0.5) is 0 Å². The highest BCUT2D eigenvalue weighted by Gasteiger charge is 2.07. The summed E-state index contributed by atoms with van der Waals surface area (Å²) in [5, 5.41) is 9.44. The molecule has 0 saturated carbocycles. The fourth-order valence-corrected chi connectivity index (χ4v) is 1.50. The van der Waals surface area contributed by atoms with Gasteiger partial charge in [-0.3, -0.25) is 4.84 Å². The number of benzene rings is 1. The van der Waals surface area contributed by atoms with Gasteiger partial charge in [-0.05, 0) is 22.0 Å². The van der Waals surface area contributed by atoms with Gasteiger partial charge < -0.3 is 9.84 Å². The first kappa shape index (κ1) is 10.3. The van der Waals surface area contributed by atoms with Crippen LogP contribution < -0.4 is 10.6 Å². The molecule has 0 spiro atoms. The van der Waals surface area contributed by atoms with E-state index in [-0.39, 0.29) is 12.4 Å². The highest BCUT2D eigenvalue weighted by atomic mass is 79.9. The first-order valence-electron chi connectivity index (χ1n) is 3.56. The third kappa shape index (κ3) is 2.33. The fraction of sp³-hybridized carbons (Fsp3) is 0.250. The Kier molecular flexibility index (Phi) is 3.53. The van der Waals surface area contributed by atoms with E-state index in [0.717, 1.165) is 4.47 Å². The van der Waals surface area contributed by atoms with E-state index in [2.05, 4.69) is 20.8 Å². The molecule has 0 amide bonds. The average molecular weight is 248 g/mol. The topological polar surface area (TPSA) is 64.7 Å². The molecule has 72 valence electrons. The van der Waals surface area contributed by atoms with E-state index in [9.17, 15) is 5.11 Å². The monoisotopic (exact) mass is 247 g/mol. The van der Waals surface area contributed by atoms with Gasteiger partial charge in [-0.25, -0.2) is 5.90 Å². The summed E-state index contributed by atoms with van der Waals surface area (Å²) in [7, 11) is 1.53. The minimum atomic E-state index is 0.102.